The van der Waals surface area contributed by atoms with Gasteiger partial charge in [0.1, 0.15) is 0 Å². The van der Waals surface area contributed by atoms with Crippen molar-refractivity contribution in [2.24, 2.45) is 11.8 Å². The molecule has 1 spiro atoms. The molecule has 138 valence electrons. The second-order valence-electron chi connectivity index (χ2n) is 7.41. The van der Waals surface area contributed by atoms with Crippen LogP contribution in [0.25, 0.3) is 0 Å². The number of sulfonamides is 1. The summed E-state index contributed by atoms with van der Waals surface area (Å²) in [6, 6.07) is 1.69. The summed E-state index contributed by atoms with van der Waals surface area (Å²) in [4.78, 5) is 5.84. The SMILES string of the molecule is CCCS(=O)(=O)NC[C@H]1[C@H]2CN(c3ccncc3F)C[C@]23CC[C@H]1O3. The molecular weight excluding hydrogens is 345 g/mol. The third-order valence-corrected chi connectivity index (χ3v) is 7.44. The van der Waals surface area contributed by atoms with Gasteiger partial charge in [0, 0.05) is 37.7 Å². The van der Waals surface area contributed by atoms with Crippen LogP contribution in [0.15, 0.2) is 18.5 Å². The first-order valence-electron chi connectivity index (χ1n) is 8.94. The predicted molar refractivity (Wildman–Crippen MR) is 92.3 cm³/mol. The third kappa shape index (κ3) is 2.94. The smallest absolute Gasteiger partial charge is 0.211 e. The minimum absolute atomic E-state index is 0.110. The molecule has 8 heteroatoms. The molecule has 3 saturated heterocycles. The maximum absolute atomic E-state index is 14.1. The second-order valence-corrected chi connectivity index (χ2v) is 9.33. The molecule has 0 aromatic carbocycles. The van der Waals surface area contributed by atoms with E-state index in [1.54, 1.807) is 12.3 Å². The van der Waals surface area contributed by atoms with Crippen LogP contribution in [-0.4, -0.2) is 50.5 Å². The molecular formula is C17H24FN3O3S. The molecule has 3 aliphatic heterocycles. The number of aromatic nitrogens is 1. The van der Waals surface area contributed by atoms with Gasteiger partial charge in [0.2, 0.25) is 10.0 Å². The van der Waals surface area contributed by atoms with Gasteiger partial charge in [-0.25, -0.2) is 17.5 Å². The molecule has 3 fully saturated rings. The Labute approximate surface area is 147 Å². The Kier molecular flexibility index (Phi) is 4.24. The van der Waals surface area contributed by atoms with Crippen molar-refractivity contribution in [3.05, 3.63) is 24.3 Å². The summed E-state index contributed by atoms with van der Waals surface area (Å²) in [5.41, 5.74) is 0.289. The minimum Gasteiger partial charge on any atom is -0.369 e. The van der Waals surface area contributed by atoms with Crippen LogP contribution in [0.4, 0.5) is 10.1 Å². The first-order chi connectivity index (χ1) is 11.9. The van der Waals surface area contributed by atoms with Gasteiger partial charge in [-0.05, 0) is 25.3 Å². The Bertz CT molecular complexity index is 759. The van der Waals surface area contributed by atoms with Crippen molar-refractivity contribution in [2.75, 3.05) is 30.3 Å². The van der Waals surface area contributed by atoms with E-state index in [9.17, 15) is 12.8 Å². The maximum Gasteiger partial charge on any atom is 0.211 e. The van der Waals surface area contributed by atoms with Gasteiger partial charge >= 0.3 is 0 Å². The number of anilines is 1. The van der Waals surface area contributed by atoms with Gasteiger partial charge in [-0.15, -0.1) is 0 Å². The highest BCUT2D eigenvalue weighted by Gasteiger charge is 2.63. The predicted octanol–water partition coefficient (Wildman–Crippen LogP) is 1.53. The molecule has 6 nitrogen and oxygen atoms in total. The van der Waals surface area contributed by atoms with Crippen LogP contribution in [0.5, 0.6) is 0 Å². The molecule has 1 aromatic rings. The number of hydrogen-bond donors (Lipinski definition) is 1. The van der Waals surface area contributed by atoms with E-state index in [0.717, 1.165) is 12.8 Å². The lowest BCUT2D eigenvalue weighted by Gasteiger charge is -2.29. The Hall–Kier alpha value is -1.25. The van der Waals surface area contributed by atoms with Crippen LogP contribution in [0.3, 0.4) is 0 Å². The first kappa shape index (κ1) is 17.2. The Morgan fingerprint density at radius 3 is 3.12 bits per heavy atom. The van der Waals surface area contributed by atoms with Gasteiger partial charge in [0.25, 0.3) is 0 Å². The zero-order valence-corrected chi connectivity index (χ0v) is 15.1. The molecule has 4 atom stereocenters. The van der Waals surface area contributed by atoms with Crippen LogP contribution >= 0.6 is 0 Å². The Balaban J connectivity index is 1.51. The van der Waals surface area contributed by atoms with Crippen LogP contribution < -0.4 is 9.62 Å². The van der Waals surface area contributed by atoms with Crippen molar-refractivity contribution in [1.29, 1.82) is 0 Å². The van der Waals surface area contributed by atoms with E-state index in [0.29, 0.717) is 31.7 Å². The van der Waals surface area contributed by atoms with Crippen molar-refractivity contribution in [3.8, 4) is 0 Å². The summed E-state index contributed by atoms with van der Waals surface area (Å²) < 4.78 is 47.1. The largest absolute Gasteiger partial charge is 0.369 e. The van der Waals surface area contributed by atoms with E-state index >= 15 is 0 Å². The van der Waals surface area contributed by atoms with Crippen molar-refractivity contribution in [1.82, 2.24) is 9.71 Å². The summed E-state index contributed by atoms with van der Waals surface area (Å²) >= 11 is 0. The number of pyridine rings is 1. The Morgan fingerprint density at radius 1 is 1.52 bits per heavy atom. The Morgan fingerprint density at radius 2 is 2.36 bits per heavy atom. The van der Waals surface area contributed by atoms with E-state index in [1.165, 1.54) is 6.20 Å². The monoisotopic (exact) mass is 369 g/mol. The standard InChI is InChI=1S/C17H24FN3O3S/c1-2-7-25(22,23)20-8-12-13-10-21(15-4-6-19-9-14(15)18)11-17(13)5-3-16(12)24-17/h4,6,9,12-13,16,20H,2-3,5,7-8,10-11H2,1H3/t12-,13+,16+,17+/m0/s1. The summed E-state index contributed by atoms with van der Waals surface area (Å²) in [7, 11) is -3.23. The average Bonchev–Trinajstić information content (AvgIpc) is 3.21. The molecule has 4 heterocycles. The molecule has 0 unspecified atom stereocenters. The maximum atomic E-state index is 14.1. The molecule has 3 aliphatic rings. The van der Waals surface area contributed by atoms with Crippen LogP contribution in [0.1, 0.15) is 26.2 Å². The molecule has 1 aromatic heterocycles. The molecule has 4 rings (SSSR count). The van der Waals surface area contributed by atoms with Gasteiger partial charge < -0.3 is 9.64 Å². The molecule has 2 bridgehead atoms. The number of ether oxygens (including phenoxy) is 1. The molecule has 1 N–H and O–H groups in total. The molecule has 0 aliphatic carbocycles. The summed E-state index contributed by atoms with van der Waals surface area (Å²) in [5.74, 6) is 0.196. The van der Waals surface area contributed by atoms with Gasteiger partial charge in [-0.2, -0.15) is 0 Å². The van der Waals surface area contributed by atoms with Crippen molar-refractivity contribution < 1.29 is 17.5 Å². The molecule has 0 radical (unpaired) electrons. The van der Waals surface area contributed by atoms with Gasteiger partial charge in [0.05, 0.1) is 29.3 Å². The highest BCUT2D eigenvalue weighted by molar-refractivity contribution is 7.89. The fraction of sp³-hybridized carbons (Fsp3) is 0.706. The normalized spacial score (nSPS) is 33.8. The number of fused-ring (bicyclic) bond motifs is 1. The third-order valence-electron chi connectivity index (χ3n) is 5.89. The number of hydrogen-bond acceptors (Lipinski definition) is 5. The number of halogens is 1. The molecule has 0 saturated carbocycles. The molecule has 0 amide bonds. The van der Waals surface area contributed by atoms with E-state index < -0.39 is 10.0 Å². The second kappa shape index (κ2) is 6.17. The van der Waals surface area contributed by atoms with Crippen molar-refractivity contribution in [2.45, 2.75) is 37.9 Å². The van der Waals surface area contributed by atoms with Crippen LogP contribution in [-0.2, 0) is 14.8 Å². The van der Waals surface area contributed by atoms with Crippen molar-refractivity contribution >= 4 is 15.7 Å². The highest BCUT2D eigenvalue weighted by Crippen LogP contribution is 2.55. The van der Waals surface area contributed by atoms with Crippen LogP contribution in [0.2, 0.25) is 0 Å². The van der Waals surface area contributed by atoms with Gasteiger partial charge in [-0.1, -0.05) is 6.92 Å². The summed E-state index contributed by atoms with van der Waals surface area (Å²) in [6.07, 6.45) is 5.45. The number of nitrogens with zero attached hydrogens (tertiary/aromatic N) is 2. The quantitative estimate of drug-likeness (QED) is 0.823. The first-order valence-corrected chi connectivity index (χ1v) is 10.6. The number of nitrogens with one attached hydrogen (secondary N) is 1. The van der Waals surface area contributed by atoms with Crippen molar-refractivity contribution in [3.63, 3.8) is 0 Å². The van der Waals surface area contributed by atoms with E-state index in [1.807, 2.05) is 11.8 Å². The fourth-order valence-corrected chi connectivity index (χ4v) is 5.96. The minimum atomic E-state index is -3.23. The fourth-order valence-electron chi connectivity index (χ4n) is 4.84. The summed E-state index contributed by atoms with van der Waals surface area (Å²) in [5, 5.41) is 0. The zero-order valence-electron chi connectivity index (χ0n) is 14.3. The average molecular weight is 369 g/mol. The zero-order chi connectivity index (χ0) is 17.7. The van der Waals surface area contributed by atoms with Crippen LogP contribution in [0, 0.1) is 17.7 Å². The van der Waals surface area contributed by atoms with E-state index in [2.05, 4.69) is 9.71 Å². The summed E-state index contributed by atoms with van der Waals surface area (Å²) in [6.45, 7) is 3.62. The lowest BCUT2D eigenvalue weighted by molar-refractivity contribution is 0.0142. The van der Waals surface area contributed by atoms with Gasteiger partial charge in [0.15, 0.2) is 5.82 Å². The lowest BCUT2D eigenvalue weighted by Crippen LogP contribution is -2.42. The van der Waals surface area contributed by atoms with E-state index in [-0.39, 0.29) is 35.1 Å². The van der Waals surface area contributed by atoms with E-state index in [4.69, 9.17) is 4.74 Å². The lowest BCUT2D eigenvalue weighted by atomic mass is 9.74. The van der Waals surface area contributed by atoms with Gasteiger partial charge in [-0.3, -0.25) is 4.98 Å². The number of rotatable bonds is 6. The molecule has 25 heavy (non-hydrogen) atoms. The highest BCUT2D eigenvalue weighted by atomic mass is 32.2. The topological polar surface area (TPSA) is 71.5 Å².